The van der Waals surface area contributed by atoms with Gasteiger partial charge in [-0.25, -0.2) is 0 Å². The Hall–Kier alpha value is -0.570. The van der Waals surface area contributed by atoms with Crippen molar-refractivity contribution in [3.05, 3.63) is 0 Å². The van der Waals surface area contributed by atoms with Crippen LogP contribution in [0.15, 0.2) is 0 Å². The molecule has 0 spiro atoms. The van der Waals surface area contributed by atoms with Gasteiger partial charge in [-0.2, -0.15) is 0 Å². The summed E-state index contributed by atoms with van der Waals surface area (Å²) in [6, 6.07) is -0.0694. The minimum atomic E-state index is -0.0888. The first-order valence-electron chi connectivity index (χ1n) is 5.48. The van der Waals surface area contributed by atoms with Crippen LogP contribution in [-0.4, -0.2) is 18.5 Å². The summed E-state index contributed by atoms with van der Waals surface area (Å²) in [4.78, 5) is 11.4. The Morgan fingerprint density at radius 1 is 1.29 bits per heavy atom. The molecule has 0 aliphatic rings. The lowest BCUT2D eigenvalue weighted by Gasteiger charge is -2.15. The summed E-state index contributed by atoms with van der Waals surface area (Å²) in [5.41, 5.74) is 5.63. The van der Waals surface area contributed by atoms with Gasteiger partial charge in [-0.1, -0.05) is 20.8 Å². The number of hydrogen-bond donors (Lipinski definition) is 2. The highest BCUT2D eigenvalue weighted by molar-refractivity contribution is 5.78. The molecule has 0 aliphatic heterocycles. The van der Waals surface area contributed by atoms with Crippen molar-refractivity contribution in [3.8, 4) is 0 Å². The van der Waals surface area contributed by atoms with Crippen molar-refractivity contribution in [2.45, 2.75) is 46.6 Å². The first-order valence-corrected chi connectivity index (χ1v) is 5.48. The Morgan fingerprint density at radius 3 is 2.29 bits per heavy atom. The average molecular weight is 200 g/mol. The van der Waals surface area contributed by atoms with Crippen molar-refractivity contribution in [3.63, 3.8) is 0 Å². The maximum Gasteiger partial charge on any atom is 0.224 e. The third-order valence-corrected chi connectivity index (χ3v) is 2.46. The molecule has 0 rings (SSSR count). The molecule has 0 aromatic rings. The first-order chi connectivity index (χ1) is 6.45. The Kier molecular flexibility index (Phi) is 6.54. The van der Waals surface area contributed by atoms with Crippen LogP contribution in [0.5, 0.6) is 0 Å². The van der Waals surface area contributed by atoms with E-state index in [0.29, 0.717) is 5.92 Å². The molecule has 3 N–H and O–H groups in total. The molecular weight excluding hydrogens is 176 g/mol. The van der Waals surface area contributed by atoms with Gasteiger partial charge in [0.05, 0.1) is 0 Å². The van der Waals surface area contributed by atoms with E-state index < -0.39 is 0 Å². The second kappa shape index (κ2) is 6.82. The molecule has 0 saturated carbocycles. The fourth-order valence-electron chi connectivity index (χ4n) is 1.12. The van der Waals surface area contributed by atoms with E-state index in [-0.39, 0.29) is 17.9 Å². The predicted molar refractivity (Wildman–Crippen MR) is 59.9 cm³/mol. The van der Waals surface area contributed by atoms with Gasteiger partial charge in [0.25, 0.3) is 0 Å². The number of nitrogens with two attached hydrogens (primary N) is 1. The number of rotatable bonds is 6. The Labute approximate surface area is 87.4 Å². The molecule has 0 aliphatic carbocycles. The van der Waals surface area contributed by atoms with Gasteiger partial charge >= 0.3 is 0 Å². The molecule has 0 saturated heterocycles. The largest absolute Gasteiger partial charge is 0.356 e. The average Bonchev–Trinajstić information content (AvgIpc) is 2.10. The van der Waals surface area contributed by atoms with Crippen LogP contribution in [0.1, 0.15) is 40.5 Å². The van der Waals surface area contributed by atoms with E-state index in [9.17, 15) is 4.79 Å². The predicted octanol–water partition coefficient (Wildman–Crippen LogP) is 1.52. The zero-order valence-electron chi connectivity index (χ0n) is 9.84. The highest BCUT2D eigenvalue weighted by atomic mass is 16.1. The highest BCUT2D eigenvalue weighted by Gasteiger charge is 2.15. The molecule has 0 aromatic heterocycles. The maximum absolute atomic E-state index is 11.4. The smallest absolute Gasteiger partial charge is 0.224 e. The normalized spacial score (nSPS) is 15.3. The van der Waals surface area contributed by atoms with Crippen LogP contribution in [0.4, 0.5) is 0 Å². The molecule has 1 amide bonds. The van der Waals surface area contributed by atoms with E-state index in [4.69, 9.17) is 5.73 Å². The van der Waals surface area contributed by atoms with Gasteiger partial charge in [-0.15, -0.1) is 0 Å². The summed E-state index contributed by atoms with van der Waals surface area (Å²) in [5.74, 6) is 0.690. The van der Waals surface area contributed by atoms with Crippen molar-refractivity contribution in [2.75, 3.05) is 6.54 Å². The first kappa shape index (κ1) is 13.4. The number of nitrogens with one attached hydrogen (secondary N) is 1. The molecule has 0 radical (unpaired) electrons. The number of carbonyl (C=O) groups is 1. The molecule has 0 aromatic carbocycles. The summed E-state index contributed by atoms with van der Waals surface area (Å²) in [6.45, 7) is 8.87. The van der Waals surface area contributed by atoms with Crippen LogP contribution in [0, 0.1) is 11.8 Å². The molecule has 0 fully saturated rings. The molecule has 2 unspecified atom stereocenters. The summed E-state index contributed by atoms with van der Waals surface area (Å²) in [5, 5.41) is 2.90. The summed E-state index contributed by atoms with van der Waals surface area (Å²) >= 11 is 0. The zero-order valence-corrected chi connectivity index (χ0v) is 9.84. The molecule has 2 atom stereocenters. The zero-order chi connectivity index (χ0) is 11.1. The van der Waals surface area contributed by atoms with Gasteiger partial charge in [0.2, 0.25) is 5.91 Å². The van der Waals surface area contributed by atoms with E-state index >= 15 is 0 Å². The SMILES string of the molecule is CC(C)CCCNC(=O)C(C)C(C)N. The minimum absolute atomic E-state index is 0.0694. The molecule has 0 bridgehead atoms. The van der Waals surface area contributed by atoms with Gasteiger partial charge in [0.15, 0.2) is 0 Å². The van der Waals surface area contributed by atoms with Crippen LogP contribution in [0.25, 0.3) is 0 Å². The molecular formula is C11H24N2O. The minimum Gasteiger partial charge on any atom is -0.356 e. The third-order valence-electron chi connectivity index (χ3n) is 2.46. The Balaban J connectivity index is 3.54. The maximum atomic E-state index is 11.4. The van der Waals surface area contributed by atoms with E-state index in [2.05, 4.69) is 19.2 Å². The number of hydrogen-bond acceptors (Lipinski definition) is 2. The fraction of sp³-hybridized carbons (Fsp3) is 0.909. The summed E-state index contributed by atoms with van der Waals surface area (Å²) < 4.78 is 0. The van der Waals surface area contributed by atoms with Crippen molar-refractivity contribution in [2.24, 2.45) is 17.6 Å². The highest BCUT2D eigenvalue weighted by Crippen LogP contribution is 2.03. The van der Waals surface area contributed by atoms with Gasteiger partial charge in [0.1, 0.15) is 0 Å². The van der Waals surface area contributed by atoms with E-state index in [1.807, 2.05) is 13.8 Å². The van der Waals surface area contributed by atoms with Crippen molar-refractivity contribution in [1.82, 2.24) is 5.32 Å². The lowest BCUT2D eigenvalue weighted by atomic mass is 10.0. The molecule has 84 valence electrons. The quantitative estimate of drug-likeness (QED) is 0.639. The Morgan fingerprint density at radius 2 is 1.86 bits per heavy atom. The van der Waals surface area contributed by atoms with Crippen LogP contribution < -0.4 is 11.1 Å². The van der Waals surface area contributed by atoms with Gasteiger partial charge < -0.3 is 11.1 Å². The van der Waals surface area contributed by atoms with E-state index in [1.165, 1.54) is 0 Å². The molecule has 14 heavy (non-hydrogen) atoms. The standard InChI is InChI=1S/C11H24N2O/c1-8(2)6-5-7-13-11(14)9(3)10(4)12/h8-10H,5-7,12H2,1-4H3,(H,13,14). The van der Waals surface area contributed by atoms with E-state index in [1.54, 1.807) is 0 Å². The fourth-order valence-corrected chi connectivity index (χ4v) is 1.12. The summed E-state index contributed by atoms with van der Waals surface area (Å²) in [6.07, 6.45) is 2.21. The topological polar surface area (TPSA) is 55.1 Å². The van der Waals surface area contributed by atoms with Crippen molar-refractivity contribution >= 4 is 5.91 Å². The second-order valence-corrected chi connectivity index (χ2v) is 4.47. The van der Waals surface area contributed by atoms with Gasteiger partial charge in [0, 0.05) is 18.5 Å². The number of amides is 1. The molecule has 0 heterocycles. The van der Waals surface area contributed by atoms with Crippen molar-refractivity contribution in [1.29, 1.82) is 0 Å². The van der Waals surface area contributed by atoms with Crippen LogP contribution >= 0.6 is 0 Å². The van der Waals surface area contributed by atoms with Crippen molar-refractivity contribution < 1.29 is 4.79 Å². The molecule has 3 nitrogen and oxygen atoms in total. The summed E-state index contributed by atoms with van der Waals surface area (Å²) in [7, 11) is 0. The lowest BCUT2D eigenvalue weighted by molar-refractivity contribution is -0.124. The molecule has 3 heteroatoms. The lowest BCUT2D eigenvalue weighted by Crippen LogP contribution is -2.38. The third kappa shape index (κ3) is 5.97. The second-order valence-electron chi connectivity index (χ2n) is 4.47. The Bertz CT molecular complexity index is 167. The van der Waals surface area contributed by atoms with Crippen LogP contribution in [0.2, 0.25) is 0 Å². The monoisotopic (exact) mass is 200 g/mol. The van der Waals surface area contributed by atoms with Crippen LogP contribution in [0.3, 0.4) is 0 Å². The number of carbonyl (C=O) groups excluding carboxylic acids is 1. The van der Waals surface area contributed by atoms with Gasteiger partial charge in [-0.3, -0.25) is 4.79 Å². The van der Waals surface area contributed by atoms with Crippen LogP contribution in [-0.2, 0) is 4.79 Å². The van der Waals surface area contributed by atoms with E-state index in [0.717, 1.165) is 19.4 Å². The van der Waals surface area contributed by atoms with Gasteiger partial charge in [-0.05, 0) is 25.7 Å².